The van der Waals surface area contributed by atoms with Crippen molar-refractivity contribution in [1.82, 2.24) is 0 Å². The van der Waals surface area contributed by atoms with Crippen molar-refractivity contribution >= 4 is 27.2 Å². The van der Waals surface area contributed by atoms with Gasteiger partial charge in [-0.25, -0.2) is 17.6 Å². The van der Waals surface area contributed by atoms with E-state index in [1.54, 1.807) is 13.1 Å². The molecule has 0 atom stereocenters. The lowest BCUT2D eigenvalue weighted by Crippen LogP contribution is -2.35. The Morgan fingerprint density at radius 2 is 1.81 bits per heavy atom. The third kappa shape index (κ3) is 4.04. The van der Waals surface area contributed by atoms with Gasteiger partial charge in [-0.05, 0) is 42.9 Å². The summed E-state index contributed by atoms with van der Waals surface area (Å²) in [6.07, 6.45) is 4.10. The molecule has 2 aliphatic rings. The van der Waals surface area contributed by atoms with Crippen LogP contribution in [0.2, 0.25) is 0 Å². The van der Waals surface area contributed by atoms with Crippen LogP contribution in [0.15, 0.2) is 58.5 Å². The van der Waals surface area contributed by atoms with Crippen LogP contribution in [-0.2, 0) is 25.8 Å². The smallest absolute Gasteiger partial charge is 0.351 e. The maximum Gasteiger partial charge on any atom is 0.351 e. The second kappa shape index (κ2) is 8.34. The molecular formula is C23H25FN2O4S. The molecule has 2 heterocycles. The standard InChI is InChI=1S/C23H25FN2O4S/c1-25-15-22(23(27)30-2)31(28,29)21-13-18(24)19(14-20(21)25)26-10-8-17(9-11-26)12-16-6-4-3-5-7-16/h3-7,13-15,17H,8-12H2,1-2H3. The number of nitrogens with zero attached hydrogens (tertiary/aromatic N) is 2. The maximum atomic E-state index is 15.0. The van der Waals surface area contributed by atoms with Gasteiger partial charge >= 0.3 is 5.97 Å². The van der Waals surface area contributed by atoms with Gasteiger partial charge in [-0.2, -0.15) is 0 Å². The Bertz CT molecular complexity index is 1120. The highest BCUT2D eigenvalue weighted by Gasteiger charge is 2.36. The van der Waals surface area contributed by atoms with Crippen molar-refractivity contribution in [1.29, 1.82) is 0 Å². The minimum Gasteiger partial charge on any atom is -0.465 e. The molecule has 0 bridgehead atoms. The molecule has 0 unspecified atom stereocenters. The van der Waals surface area contributed by atoms with Crippen LogP contribution in [0.25, 0.3) is 0 Å². The zero-order valence-electron chi connectivity index (χ0n) is 17.5. The summed E-state index contributed by atoms with van der Waals surface area (Å²) in [7, 11) is -1.41. The first-order valence-electron chi connectivity index (χ1n) is 10.2. The summed E-state index contributed by atoms with van der Waals surface area (Å²) >= 11 is 0. The van der Waals surface area contributed by atoms with Crippen LogP contribution in [-0.4, -0.2) is 41.6 Å². The normalized spacial score (nSPS) is 18.4. The zero-order valence-corrected chi connectivity index (χ0v) is 18.4. The van der Waals surface area contributed by atoms with Crippen molar-refractivity contribution < 1.29 is 22.3 Å². The summed E-state index contributed by atoms with van der Waals surface area (Å²) in [6.45, 7) is 1.40. The highest BCUT2D eigenvalue weighted by Crippen LogP contribution is 2.39. The van der Waals surface area contributed by atoms with E-state index in [1.165, 1.54) is 16.7 Å². The maximum absolute atomic E-state index is 15.0. The molecule has 0 N–H and O–H groups in total. The van der Waals surface area contributed by atoms with E-state index in [1.807, 2.05) is 23.1 Å². The number of anilines is 2. The number of hydrogen-bond donors (Lipinski definition) is 0. The van der Waals surface area contributed by atoms with Gasteiger partial charge in [0.05, 0.1) is 23.4 Å². The number of ether oxygens (including phenoxy) is 1. The molecule has 2 aliphatic heterocycles. The van der Waals surface area contributed by atoms with Crippen LogP contribution < -0.4 is 9.80 Å². The van der Waals surface area contributed by atoms with Crippen molar-refractivity contribution in [2.24, 2.45) is 5.92 Å². The van der Waals surface area contributed by atoms with E-state index in [-0.39, 0.29) is 4.90 Å². The topological polar surface area (TPSA) is 66.9 Å². The Hall–Kier alpha value is -2.87. The first kappa shape index (κ1) is 21.4. The molecule has 6 nitrogen and oxygen atoms in total. The van der Waals surface area contributed by atoms with E-state index < -0.39 is 26.5 Å². The third-order valence-corrected chi connectivity index (χ3v) is 7.76. The van der Waals surface area contributed by atoms with Crippen LogP contribution in [0.1, 0.15) is 18.4 Å². The largest absolute Gasteiger partial charge is 0.465 e. The number of fused-ring (bicyclic) bond motifs is 1. The van der Waals surface area contributed by atoms with E-state index in [0.717, 1.165) is 32.4 Å². The number of carbonyl (C=O) groups is 1. The van der Waals surface area contributed by atoms with Crippen LogP contribution in [0.4, 0.5) is 15.8 Å². The number of piperidine rings is 1. The molecule has 0 spiro atoms. The Morgan fingerprint density at radius 1 is 1.13 bits per heavy atom. The number of methoxy groups -OCH3 is 1. The van der Waals surface area contributed by atoms with Gasteiger partial charge in [-0.15, -0.1) is 0 Å². The fourth-order valence-electron chi connectivity index (χ4n) is 4.29. The number of benzene rings is 2. The molecular weight excluding hydrogens is 419 g/mol. The van der Waals surface area contributed by atoms with E-state index in [2.05, 4.69) is 16.9 Å². The van der Waals surface area contributed by atoms with Crippen molar-refractivity contribution in [3.63, 3.8) is 0 Å². The van der Waals surface area contributed by atoms with Crippen molar-refractivity contribution in [3.05, 3.63) is 65.0 Å². The zero-order chi connectivity index (χ0) is 22.2. The molecule has 1 saturated heterocycles. The van der Waals surface area contributed by atoms with Gasteiger partial charge in [0.2, 0.25) is 9.84 Å². The molecule has 4 rings (SSSR count). The lowest BCUT2D eigenvalue weighted by Gasteiger charge is -2.35. The van der Waals surface area contributed by atoms with E-state index in [0.29, 0.717) is 30.4 Å². The van der Waals surface area contributed by atoms with E-state index in [4.69, 9.17) is 0 Å². The molecule has 0 saturated carbocycles. The van der Waals surface area contributed by atoms with Gasteiger partial charge < -0.3 is 14.5 Å². The highest BCUT2D eigenvalue weighted by atomic mass is 32.2. The quantitative estimate of drug-likeness (QED) is 0.673. The molecule has 0 aliphatic carbocycles. The lowest BCUT2D eigenvalue weighted by atomic mass is 9.90. The second-order valence-corrected chi connectivity index (χ2v) is 9.88. The van der Waals surface area contributed by atoms with Crippen molar-refractivity contribution in [2.45, 2.75) is 24.2 Å². The summed E-state index contributed by atoms with van der Waals surface area (Å²) in [5, 5.41) is 0. The highest BCUT2D eigenvalue weighted by molar-refractivity contribution is 7.96. The van der Waals surface area contributed by atoms with Gasteiger partial charge in [0.15, 0.2) is 4.91 Å². The Labute approximate surface area is 181 Å². The van der Waals surface area contributed by atoms with Gasteiger partial charge in [0, 0.05) is 26.3 Å². The molecule has 0 amide bonds. The van der Waals surface area contributed by atoms with Crippen LogP contribution >= 0.6 is 0 Å². The Morgan fingerprint density at radius 3 is 2.45 bits per heavy atom. The van der Waals surface area contributed by atoms with Gasteiger partial charge in [0.25, 0.3) is 0 Å². The van der Waals surface area contributed by atoms with E-state index >= 15 is 4.39 Å². The minimum atomic E-state index is -4.15. The monoisotopic (exact) mass is 444 g/mol. The summed E-state index contributed by atoms with van der Waals surface area (Å²) in [4.78, 5) is 14.7. The van der Waals surface area contributed by atoms with E-state index in [9.17, 15) is 13.2 Å². The number of carbonyl (C=O) groups excluding carboxylic acids is 1. The molecule has 2 aromatic carbocycles. The van der Waals surface area contributed by atoms with Crippen LogP contribution in [0.3, 0.4) is 0 Å². The number of rotatable bonds is 4. The summed E-state index contributed by atoms with van der Waals surface area (Å²) in [6, 6.07) is 12.9. The molecule has 1 fully saturated rings. The van der Waals surface area contributed by atoms with Gasteiger partial charge in [-0.3, -0.25) is 0 Å². The molecule has 164 valence electrons. The Kier molecular flexibility index (Phi) is 5.75. The number of sulfone groups is 1. The second-order valence-electron chi connectivity index (χ2n) is 7.99. The average Bonchev–Trinajstić information content (AvgIpc) is 2.77. The molecule has 0 radical (unpaired) electrons. The average molecular weight is 445 g/mol. The minimum absolute atomic E-state index is 0.224. The van der Waals surface area contributed by atoms with Crippen molar-refractivity contribution in [3.8, 4) is 0 Å². The number of halogens is 1. The molecule has 8 heteroatoms. The van der Waals surface area contributed by atoms with Gasteiger partial charge in [-0.1, -0.05) is 30.3 Å². The third-order valence-electron chi connectivity index (χ3n) is 6.01. The fraction of sp³-hybridized carbons (Fsp3) is 0.348. The molecule has 31 heavy (non-hydrogen) atoms. The lowest BCUT2D eigenvalue weighted by molar-refractivity contribution is -0.135. The first-order chi connectivity index (χ1) is 14.8. The van der Waals surface area contributed by atoms with Crippen LogP contribution in [0, 0.1) is 11.7 Å². The van der Waals surface area contributed by atoms with Gasteiger partial charge in [0.1, 0.15) is 5.82 Å². The number of hydrogen-bond acceptors (Lipinski definition) is 6. The fourth-order valence-corrected chi connectivity index (χ4v) is 5.86. The summed E-state index contributed by atoms with van der Waals surface area (Å²) in [5.41, 5.74) is 2.03. The molecule has 0 aromatic heterocycles. The predicted octanol–water partition coefficient (Wildman–Crippen LogP) is 3.52. The SMILES string of the molecule is COC(=O)C1=CN(C)c2cc(N3CCC(Cc4ccccc4)CC3)c(F)cc2S1(=O)=O. The predicted molar refractivity (Wildman–Crippen MR) is 117 cm³/mol. The van der Waals surface area contributed by atoms with Crippen LogP contribution in [0.5, 0.6) is 0 Å². The molecule has 2 aromatic rings. The Balaban J connectivity index is 1.56. The summed E-state index contributed by atoms with van der Waals surface area (Å²) in [5.74, 6) is -1.04. The summed E-state index contributed by atoms with van der Waals surface area (Å²) < 4.78 is 45.3. The van der Waals surface area contributed by atoms with Crippen molar-refractivity contribution in [2.75, 3.05) is 37.0 Å². The number of esters is 1. The first-order valence-corrected chi connectivity index (χ1v) is 11.7.